The van der Waals surface area contributed by atoms with Crippen LogP contribution >= 0.6 is 12.4 Å². The second kappa shape index (κ2) is 7.54. The number of amides is 1. The Hall–Kier alpha value is -1.64. The van der Waals surface area contributed by atoms with Crippen molar-refractivity contribution in [3.63, 3.8) is 0 Å². The van der Waals surface area contributed by atoms with Crippen molar-refractivity contribution in [2.45, 2.75) is 42.7 Å². The predicted molar refractivity (Wildman–Crippen MR) is 101 cm³/mol. The quantitative estimate of drug-likeness (QED) is 0.772. The number of benzene rings is 1. The molecule has 2 fully saturated rings. The molecule has 0 spiro atoms. The topological polar surface area (TPSA) is 90.9 Å². The van der Waals surface area contributed by atoms with E-state index in [0.29, 0.717) is 17.9 Å². The number of hydrogen-bond donors (Lipinski definition) is 2. The molecule has 0 aliphatic carbocycles. The van der Waals surface area contributed by atoms with Crippen LogP contribution in [-0.4, -0.2) is 56.8 Å². The summed E-state index contributed by atoms with van der Waals surface area (Å²) >= 11 is 0. The van der Waals surface area contributed by atoms with Crippen LogP contribution in [-0.2, 0) is 14.8 Å². The SMILES string of the molecule is Cl.O=C(NC1CCNCC1)C1CCCN1C1=NS(=O)(=O)c2ccccc21. The molecule has 2 saturated heterocycles. The minimum Gasteiger partial charge on any atom is -0.351 e. The number of fused-ring (bicyclic) bond motifs is 1. The van der Waals surface area contributed by atoms with E-state index in [1.54, 1.807) is 24.3 Å². The highest BCUT2D eigenvalue weighted by molar-refractivity contribution is 7.90. The first kappa shape index (κ1) is 19.1. The van der Waals surface area contributed by atoms with Crippen LogP contribution in [0, 0.1) is 0 Å². The highest BCUT2D eigenvalue weighted by Gasteiger charge is 2.39. The van der Waals surface area contributed by atoms with E-state index in [1.807, 2.05) is 4.90 Å². The van der Waals surface area contributed by atoms with Crippen LogP contribution in [0.3, 0.4) is 0 Å². The molecule has 4 rings (SSSR count). The summed E-state index contributed by atoms with van der Waals surface area (Å²) < 4.78 is 28.6. The molecule has 1 unspecified atom stereocenters. The highest BCUT2D eigenvalue weighted by Crippen LogP contribution is 2.31. The number of amidine groups is 1. The van der Waals surface area contributed by atoms with Crippen molar-refractivity contribution in [1.82, 2.24) is 15.5 Å². The molecule has 142 valence electrons. The second-order valence-corrected chi connectivity index (χ2v) is 8.34. The Labute approximate surface area is 159 Å². The number of rotatable bonds is 2. The molecule has 9 heteroatoms. The van der Waals surface area contributed by atoms with Gasteiger partial charge in [-0.1, -0.05) is 12.1 Å². The van der Waals surface area contributed by atoms with E-state index in [1.165, 1.54) is 0 Å². The standard InChI is InChI=1S/C17H22N4O3S.ClH/c22-17(19-12-7-9-18-10-8-12)14-5-3-11-21(14)16-13-4-1-2-6-15(13)25(23,24)20-16;/h1-2,4,6,12,14,18H,3,5,7-11H2,(H,19,22);1H. The lowest BCUT2D eigenvalue weighted by Crippen LogP contribution is -2.51. The Morgan fingerprint density at radius 3 is 2.69 bits per heavy atom. The van der Waals surface area contributed by atoms with Gasteiger partial charge in [-0.05, 0) is 50.9 Å². The van der Waals surface area contributed by atoms with Crippen molar-refractivity contribution in [3.05, 3.63) is 29.8 Å². The molecule has 1 aromatic rings. The maximum atomic E-state index is 12.8. The fourth-order valence-corrected chi connectivity index (χ4v) is 5.07. The largest absolute Gasteiger partial charge is 0.351 e. The number of sulfonamides is 1. The number of hydrogen-bond acceptors (Lipinski definition) is 5. The van der Waals surface area contributed by atoms with Gasteiger partial charge in [-0.2, -0.15) is 8.42 Å². The fraction of sp³-hybridized carbons (Fsp3) is 0.529. The number of nitrogens with zero attached hydrogens (tertiary/aromatic N) is 2. The van der Waals surface area contributed by atoms with Gasteiger partial charge in [0.2, 0.25) is 5.91 Å². The summed E-state index contributed by atoms with van der Waals surface area (Å²) in [6, 6.07) is 6.67. The Kier molecular flexibility index (Phi) is 5.55. The molecular formula is C17H23ClN4O3S. The molecule has 0 aromatic heterocycles. The number of carbonyl (C=O) groups is 1. The third-order valence-electron chi connectivity index (χ3n) is 5.13. The lowest BCUT2D eigenvalue weighted by molar-refractivity contribution is -0.125. The van der Waals surface area contributed by atoms with Crippen molar-refractivity contribution in [1.29, 1.82) is 0 Å². The summed E-state index contributed by atoms with van der Waals surface area (Å²) in [5.41, 5.74) is 0.601. The van der Waals surface area contributed by atoms with Gasteiger partial charge in [-0.25, -0.2) is 0 Å². The molecule has 3 heterocycles. The third kappa shape index (κ3) is 3.45. The van der Waals surface area contributed by atoms with E-state index >= 15 is 0 Å². The van der Waals surface area contributed by atoms with E-state index in [4.69, 9.17) is 0 Å². The predicted octanol–water partition coefficient (Wildman–Crippen LogP) is 0.890. The van der Waals surface area contributed by atoms with Gasteiger partial charge in [0.1, 0.15) is 10.9 Å². The van der Waals surface area contributed by atoms with Crippen molar-refractivity contribution in [2.75, 3.05) is 19.6 Å². The first-order valence-corrected chi connectivity index (χ1v) is 10.2. The highest BCUT2D eigenvalue weighted by atomic mass is 35.5. The van der Waals surface area contributed by atoms with Crippen LogP contribution in [0.25, 0.3) is 0 Å². The smallest absolute Gasteiger partial charge is 0.285 e. The van der Waals surface area contributed by atoms with Crippen molar-refractivity contribution >= 4 is 34.2 Å². The maximum Gasteiger partial charge on any atom is 0.285 e. The number of nitrogens with one attached hydrogen (secondary N) is 2. The summed E-state index contributed by atoms with van der Waals surface area (Å²) in [6.07, 6.45) is 3.43. The van der Waals surface area contributed by atoms with Crippen LogP contribution in [0.5, 0.6) is 0 Å². The molecule has 0 radical (unpaired) electrons. The van der Waals surface area contributed by atoms with Crippen LogP contribution in [0.1, 0.15) is 31.2 Å². The van der Waals surface area contributed by atoms with Crippen LogP contribution < -0.4 is 10.6 Å². The summed E-state index contributed by atoms with van der Waals surface area (Å²) in [5, 5.41) is 6.42. The average molecular weight is 399 g/mol. The van der Waals surface area contributed by atoms with Crippen LogP contribution in [0.15, 0.2) is 33.6 Å². The summed E-state index contributed by atoms with van der Waals surface area (Å²) in [5.74, 6) is 0.396. The van der Waals surface area contributed by atoms with Gasteiger partial charge in [0.25, 0.3) is 10.0 Å². The Morgan fingerprint density at radius 1 is 1.19 bits per heavy atom. The minimum absolute atomic E-state index is 0. The lowest BCUT2D eigenvalue weighted by atomic mass is 10.1. The first-order chi connectivity index (χ1) is 12.1. The molecule has 2 N–H and O–H groups in total. The zero-order valence-corrected chi connectivity index (χ0v) is 16.0. The van der Waals surface area contributed by atoms with Crippen LogP contribution in [0.4, 0.5) is 0 Å². The summed E-state index contributed by atoms with van der Waals surface area (Å²) in [7, 11) is -3.66. The number of piperidine rings is 1. The molecule has 0 bridgehead atoms. The molecule has 0 saturated carbocycles. The first-order valence-electron chi connectivity index (χ1n) is 8.78. The van der Waals surface area contributed by atoms with Gasteiger partial charge >= 0.3 is 0 Å². The zero-order chi connectivity index (χ0) is 17.4. The number of likely N-dealkylation sites (tertiary alicyclic amines) is 1. The van der Waals surface area contributed by atoms with E-state index in [0.717, 1.165) is 38.8 Å². The Morgan fingerprint density at radius 2 is 1.92 bits per heavy atom. The van der Waals surface area contributed by atoms with Gasteiger partial charge in [-0.15, -0.1) is 16.8 Å². The van der Waals surface area contributed by atoms with Gasteiger partial charge in [0.05, 0.1) is 0 Å². The lowest BCUT2D eigenvalue weighted by Gasteiger charge is -2.29. The fourth-order valence-electron chi connectivity index (χ4n) is 3.85. The summed E-state index contributed by atoms with van der Waals surface area (Å²) in [6.45, 7) is 2.47. The van der Waals surface area contributed by atoms with Gasteiger partial charge in [0, 0.05) is 18.2 Å². The monoisotopic (exact) mass is 398 g/mol. The van der Waals surface area contributed by atoms with E-state index in [9.17, 15) is 13.2 Å². The molecule has 3 aliphatic rings. The number of halogens is 1. The van der Waals surface area contributed by atoms with Crippen molar-refractivity contribution < 1.29 is 13.2 Å². The maximum absolute atomic E-state index is 12.8. The van der Waals surface area contributed by atoms with Gasteiger partial charge in [0.15, 0.2) is 5.84 Å². The van der Waals surface area contributed by atoms with Gasteiger partial charge < -0.3 is 15.5 Å². The van der Waals surface area contributed by atoms with E-state index in [2.05, 4.69) is 15.0 Å². The molecule has 3 aliphatic heterocycles. The molecule has 1 atom stereocenters. The molecule has 1 amide bonds. The molecular weight excluding hydrogens is 376 g/mol. The Balaban J connectivity index is 0.00000196. The van der Waals surface area contributed by atoms with E-state index < -0.39 is 10.0 Å². The van der Waals surface area contributed by atoms with Crippen molar-refractivity contribution in [2.24, 2.45) is 4.40 Å². The van der Waals surface area contributed by atoms with Gasteiger partial charge in [-0.3, -0.25) is 4.79 Å². The average Bonchev–Trinajstić information content (AvgIpc) is 3.19. The molecule has 1 aromatic carbocycles. The second-order valence-electron chi connectivity index (χ2n) is 6.77. The minimum atomic E-state index is -3.66. The normalized spacial score (nSPS) is 24.5. The van der Waals surface area contributed by atoms with Crippen molar-refractivity contribution in [3.8, 4) is 0 Å². The molecule has 26 heavy (non-hydrogen) atoms. The van der Waals surface area contributed by atoms with E-state index in [-0.39, 0.29) is 35.3 Å². The summed E-state index contributed by atoms with van der Waals surface area (Å²) in [4.78, 5) is 14.9. The Bertz CT molecular complexity index is 821. The third-order valence-corrected chi connectivity index (χ3v) is 6.45. The number of carbonyl (C=O) groups excluding carboxylic acids is 1. The molecule has 7 nitrogen and oxygen atoms in total. The zero-order valence-electron chi connectivity index (χ0n) is 14.3. The van der Waals surface area contributed by atoms with Crippen LogP contribution in [0.2, 0.25) is 0 Å².